The van der Waals surface area contributed by atoms with Crippen LogP contribution in [0.1, 0.15) is 11.1 Å². The molecule has 0 aromatic heterocycles. The molecule has 0 radical (unpaired) electrons. The molecular weight excluding hydrogens is 426 g/mol. The lowest BCUT2D eigenvalue weighted by Gasteiger charge is -2.15. The maximum atomic E-state index is 12.8. The lowest BCUT2D eigenvalue weighted by molar-refractivity contribution is -0.137. The highest BCUT2D eigenvalue weighted by Gasteiger charge is 2.34. The van der Waals surface area contributed by atoms with Crippen molar-refractivity contribution in [1.82, 2.24) is 0 Å². The summed E-state index contributed by atoms with van der Waals surface area (Å²) in [7, 11) is 0. The SMILES string of the molecule is O=C1/C(=C/c2cccc(C(F)(F)F)c2)SC(=S)N1c1ccc(Cl)c(Cl)c1. The lowest BCUT2D eigenvalue weighted by Crippen LogP contribution is -2.27. The topological polar surface area (TPSA) is 20.3 Å². The molecule has 3 rings (SSSR count). The first-order valence-electron chi connectivity index (χ1n) is 7.07. The molecule has 2 aromatic carbocycles. The Bertz CT molecular complexity index is 944. The Labute approximate surface area is 166 Å². The third kappa shape index (κ3) is 3.91. The van der Waals surface area contributed by atoms with Gasteiger partial charge in [-0.1, -0.05) is 59.3 Å². The van der Waals surface area contributed by atoms with Gasteiger partial charge in [0.05, 0.1) is 26.2 Å². The van der Waals surface area contributed by atoms with Crippen molar-refractivity contribution in [2.75, 3.05) is 4.90 Å². The average molecular weight is 434 g/mol. The number of carbonyl (C=O) groups is 1. The summed E-state index contributed by atoms with van der Waals surface area (Å²) in [5, 5.41) is 0.598. The fraction of sp³-hybridized carbons (Fsp3) is 0.0588. The summed E-state index contributed by atoms with van der Waals surface area (Å²) in [6, 6.07) is 9.35. The Morgan fingerprint density at radius 3 is 2.46 bits per heavy atom. The predicted octanol–water partition coefficient (Wildman–Crippen LogP) is 6.42. The minimum absolute atomic E-state index is 0.223. The monoisotopic (exact) mass is 433 g/mol. The molecule has 0 bridgehead atoms. The van der Waals surface area contributed by atoms with E-state index in [0.29, 0.717) is 10.7 Å². The van der Waals surface area contributed by atoms with Gasteiger partial charge >= 0.3 is 6.18 Å². The summed E-state index contributed by atoms with van der Waals surface area (Å²) in [5.41, 5.74) is -0.0879. The number of alkyl halides is 3. The first-order chi connectivity index (χ1) is 12.2. The Morgan fingerprint density at radius 2 is 1.81 bits per heavy atom. The van der Waals surface area contributed by atoms with Crippen molar-refractivity contribution < 1.29 is 18.0 Å². The second-order valence-electron chi connectivity index (χ2n) is 5.24. The van der Waals surface area contributed by atoms with Crippen molar-refractivity contribution in [3.8, 4) is 0 Å². The van der Waals surface area contributed by atoms with E-state index in [1.165, 1.54) is 35.2 Å². The van der Waals surface area contributed by atoms with Gasteiger partial charge in [-0.3, -0.25) is 9.69 Å². The quantitative estimate of drug-likeness (QED) is 0.402. The maximum Gasteiger partial charge on any atom is 0.416 e. The average Bonchev–Trinajstić information content (AvgIpc) is 2.84. The van der Waals surface area contributed by atoms with E-state index in [4.69, 9.17) is 35.4 Å². The summed E-state index contributed by atoms with van der Waals surface area (Å²) in [6.07, 6.45) is -3.07. The zero-order chi connectivity index (χ0) is 19.1. The molecule has 1 aliphatic rings. The van der Waals surface area contributed by atoms with E-state index in [-0.39, 0.29) is 19.8 Å². The molecular formula is C17H8Cl2F3NOS2. The number of nitrogens with zero attached hydrogens (tertiary/aromatic N) is 1. The minimum Gasteiger partial charge on any atom is -0.268 e. The second kappa shape index (κ2) is 7.23. The van der Waals surface area contributed by atoms with E-state index in [0.717, 1.165) is 23.9 Å². The van der Waals surface area contributed by atoms with Gasteiger partial charge < -0.3 is 0 Å². The molecule has 1 amide bonds. The van der Waals surface area contributed by atoms with Gasteiger partial charge in [0.1, 0.15) is 0 Å². The zero-order valence-corrected chi connectivity index (χ0v) is 15.8. The molecule has 0 saturated carbocycles. The first-order valence-corrected chi connectivity index (χ1v) is 9.05. The summed E-state index contributed by atoms with van der Waals surface area (Å²) < 4.78 is 38.7. The van der Waals surface area contributed by atoms with Gasteiger partial charge in [0.2, 0.25) is 0 Å². The summed E-state index contributed by atoms with van der Waals surface area (Å²) in [4.78, 5) is 14.1. The van der Waals surface area contributed by atoms with Crippen LogP contribution < -0.4 is 4.90 Å². The smallest absolute Gasteiger partial charge is 0.268 e. The number of halogens is 5. The van der Waals surface area contributed by atoms with Crippen molar-refractivity contribution in [3.05, 3.63) is 68.5 Å². The molecule has 1 saturated heterocycles. The number of benzene rings is 2. The van der Waals surface area contributed by atoms with Gasteiger partial charge in [-0.25, -0.2) is 0 Å². The Hall–Kier alpha value is -1.54. The number of rotatable bonds is 2. The van der Waals surface area contributed by atoms with Crippen LogP contribution in [-0.2, 0) is 11.0 Å². The standard InChI is InChI=1S/C17H8Cl2F3NOS2/c18-12-5-4-11(8-13(12)19)23-15(24)14(26-16(23)25)7-9-2-1-3-10(6-9)17(20,21)22/h1-8H/b14-7-. The first kappa shape index (κ1) is 19.2. The van der Waals surface area contributed by atoms with Gasteiger partial charge in [0.25, 0.3) is 5.91 Å². The summed E-state index contributed by atoms with van der Waals surface area (Å²) in [6.45, 7) is 0. The molecule has 0 aliphatic carbocycles. The third-order valence-corrected chi connectivity index (χ3v) is 5.51. The van der Waals surface area contributed by atoms with Gasteiger partial charge in [0.15, 0.2) is 4.32 Å². The van der Waals surface area contributed by atoms with E-state index >= 15 is 0 Å². The number of thioether (sulfide) groups is 1. The highest BCUT2D eigenvalue weighted by Crippen LogP contribution is 2.38. The van der Waals surface area contributed by atoms with Crippen molar-refractivity contribution in [2.45, 2.75) is 6.18 Å². The van der Waals surface area contributed by atoms with Crippen LogP contribution in [0, 0.1) is 0 Å². The molecule has 0 atom stereocenters. The maximum absolute atomic E-state index is 12.8. The van der Waals surface area contributed by atoms with Crippen molar-refractivity contribution in [3.63, 3.8) is 0 Å². The number of amides is 1. The van der Waals surface area contributed by atoms with E-state index < -0.39 is 17.6 Å². The van der Waals surface area contributed by atoms with Crippen LogP contribution in [0.5, 0.6) is 0 Å². The van der Waals surface area contributed by atoms with Crippen LogP contribution >= 0.6 is 47.2 Å². The number of hydrogen-bond donors (Lipinski definition) is 0. The van der Waals surface area contributed by atoms with Crippen LogP contribution in [0.15, 0.2) is 47.4 Å². The number of hydrogen-bond acceptors (Lipinski definition) is 3. The van der Waals surface area contributed by atoms with Crippen molar-refractivity contribution in [1.29, 1.82) is 0 Å². The third-order valence-electron chi connectivity index (χ3n) is 3.47. The Morgan fingerprint density at radius 1 is 1.08 bits per heavy atom. The van der Waals surface area contributed by atoms with Crippen molar-refractivity contribution in [2.24, 2.45) is 0 Å². The molecule has 1 heterocycles. The van der Waals surface area contributed by atoms with Gasteiger partial charge in [-0.15, -0.1) is 0 Å². The molecule has 1 aliphatic heterocycles. The normalized spacial score (nSPS) is 16.7. The number of anilines is 1. The van der Waals surface area contributed by atoms with E-state index in [2.05, 4.69) is 0 Å². The van der Waals surface area contributed by atoms with Crippen LogP contribution in [0.2, 0.25) is 10.0 Å². The molecule has 26 heavy (non-hydrogen) atoms. The fourth-order valence-electron chi connectivity index (χ4n) is 2.27. The minimum atomic E-state index is -4.46. The van der Waals surface area contributed by atoms with E-state index in [1.54, 1.807) is 6.07 Å². The summed E-state index contributed by atoms with van der Waals surface area (Å²) >= 11 is 18.1. The molecule has 0 spiro atoms. The molecule has 0 N–H and O–H groups in total. The van der Waals surface area contributed by atoms with Gasteiger partial charge in [-0.2, -0.15) is 13.2 Å². The van der Waals surface area contributed by atoms with E-state index in [9.17, 15) is 18.0 Å². The molecule has 1 fully saturated rings. The molecule has 9 heteroatoms. The molecule has 0 unspecified atom stereocenters. The highest BCUT2D eigenvalue weighted by atomic mass is 35.5. The largest absolute Gasteiger partial charge is 0.416 e. The Kier molecular flexibility index (Phi) is 5.35. The van der Waals surface area contributed by atoms with Crippen LogP contribution in [0.4, 0.5) is 18.9 Å². The van der Waals surface area contributed by atoms with Crippen molar-refractivity contribution >= 4 is 69.2 Å². The number of carbonyl (C=O) groups excluding carboxylic acids is 1. The Balaban J connectivity index is 1.94. The van der Waals surface area contributed by atoms with Gasteiger partial charge in [0, 0.05) is 0 Å². The van der Waals surface area contributed by atoms with Crippen LogP contribution in [0.3, 0.4) is 0 Å². The zero-order valence-electron chi connectivity index (χ0n) is 12.7. The van der Waals surface area contributed by atoms with Gasteiger partial charge in [-0.05, 0) is 42.0 Å². The molecule has 2 nitrogen and oxygen atoms in total. The highest BCUT2D eigenvalue weighted by molar-refractivity contribution is 8.27. The fourth-order valence-corrected chi connectivity index (χ4v) is 3.86. The molecule has 2 aromatic rings. The van der Waals surface area contributed by atoms with Crippen LogP contribution in [-0.4, -0.2) is 10.2 Å². The number of thiocarbonyl (C=S) groups is 1. The predicted molar refractivity (Wildman–Crippen MR) is 104 cm³/mol. The van der Waals surface area contributed by atoms with E-state index in [1.807, 2.05) is 0 Å². The molecule has 134 valence electrons. The van der Waals surface area contributed by atoms with Crippen LogP contribution in [0.25, 0.3) is 6.08 Å². The second-order valence-corrected chi connectivity index (χ2v) is 7.73. The lowest BCUT2D eigenvalue weighted by atomic mass is 10.1. The summed E-state index contributed by atoms with van der Waals surface area (Å²) in [5.74, 6) is -0.434.